The molecule has 2 aromatic rings. The van der Waals surface area contributed by atoms with Crippen LogP contribution >= 0.6 is 0 Å². The summed E-state index contributed by atoms with van der Waals surface area (Å²) in [5.41, 5.74) is 1.34. The van der Waals surface area contributed by atoms with Gasteiger partial charge in [-0.05, 0) is 25.0 Å². The summed E-state index contributed by atoms with van der Waals surface area (Å²) < 4.78 is 0. The third-order valence-corrected chi connectivity index (χ3v) is 3.51. The molecule has 0 atom stereocenters. The Bertz CT molecular complexity index is 548. The lowest BCUT2D eigenvalue weighted by Gasteiger charge is -2.21. The molecule has 1 amide bonds. The van der Waals surface area contributed by atoms with Crippen LogP contribution in [0.25, 0.3) is 0 Å². The summed E-state index contributed by atoms with van der Waals surface area (Å²) in [4.78, 5) is 12.2. The number of hydrogen-bond acceptors (Lipinski definition) is 2. The number of hydrogen-bond donors (Lipinski definition) is 2. The number of carbonyl (C=O) groups excluding carboxylic acids is 1. The molecule has 0 saturated carbocycles. The standard InChI is InChI=1S/C19H23NO2/c1-19(2,22)14-20-18(21)13-17(15-9-5-3-6-10-15)16-11-7-4-8-12-16/h3-12,17,22H,13-14H2,1-2H3,(H,20,21). The average Bonchev–Trinajstić information content (AvgIpc) is 2.52. The second-order valence-corrected chi connectivity index (χ2v) is 6.17. The maximum atomic E-state index is 12.2. The Hall–Kier alpha value is -2.13. The van der Waals surface area contributed by atoms with E-state index in [1.54, 1.807) is 13.8 Å². The fourth-order valence-corrected chi connectivity index (χ4v) is 2.37. The van der Waals surface area contributed by atoms with Gasteiger partial charge in [-0.15, -0.1) is 0 Å². The molecule has 0 heterocycles. The van der Waals surface area contributed by atoms with Gasteiger partial charge in [-0.2, -0.15) is 0 Å². The number of carbonyl (C=O) groups is 1. The molecule has 22 heavy (non-hydrogen) atoms. The van der Waals surface area contributed by atoms with Gasteiger partial charge in [0.15, 0.2) is 0 Å². The van der Waals surface area contributed by atoms with Crippen LogP contribution in [0, 0.1) is 0 Å². The molecule has 0 aliphatic heterocycles. The van der Waals surface area contributed by atoms with Crippen LogP contribution < -0.4 is 5.32 Å². The quantitative estimate of drug-likeness (QED) is 0.861. The van der Waals surface area contributed by atoms with Crippen molar-refractivity contribution in [3.8, 4) is 0 Å². The van der Waals surface area contributed by atoms with E-state index in [9.17, 15) is 9.90 Å². The molecule has 2 aromatic carbocycles. The lowest BCUT2D eigenvalue weighted by Crippen LogP contribution is -2.38. The SMILES string of the molecule is CC(C)(O)CNC(=O)CC(c1ccccc1)c1ccccc1. The van der Waals surface area contributed by atoms with Crippen molar-refractivity contribution in [3.05, 3.63) is 71.8 Å². The first-order valence-corrected chi connectivity index (χ1v) is 7.55. The first kappa shape index (κ1) is 16.2. The van der Waals surface area contributed by atoms with Crippen molar-refractivity contribution >= 4 is 5.91 Å². The molecule has 0 radical (unpaired) electrons. The summed E-state index contributed by atoms with van der Waals surface area (Å²) in [6, 6.07) is 20.1. The zero-order valence-electron chi connectivity index (χ0n) is 13.1. The van der Waals surface area contributed by atoms with Gasteiger partial charge < -0.3 is 10.4 Å². The summed E-state index contributed by atoms with van der Waals surface area (Å²) in [5.74, 6) is -0.0379. The monoisotopic (exact) mass is 297 g/mol. The second kappa shape index (κ2) is 7.23. The predicted molar refractivity (Wildman–Crippen MR) is 88.7 cm³/mol. The van der Waals surface area contributed by atoms with E-state index >= 15 is 0 Å². The number of benzene rings is 2. The van der Waals surface area contributed by atoms with Gasteiger partial charge in [0.1, 0.15) is 0 Å². The van der Waals surface area contributed by atoms with E-state index in [1.165, 1.54) is 0 Å². The first-order valence-electron chi connectivity index (χ1n) is 7.55. The number of aliphatic hydroxyl groups is 1. The fraction of sp³-hybridized carbons (Fsp3) is 0.316. The maximum Gasteiger partial charge on any atom is 0.221 e. The first-order chi connectivity index (χ1) is 10.5. The summed E-state index contributed by atoms with van der Waals surface area (Å²) in [7, 11) is 0. The van der Waals surface area contributed by atoms with E-state index in [0.29, 0.717) is 6.42 Å². The molecule has 3 heteroatoms. The van der Waals surface area contributed by atoms with E-state index in [0.717, 1.165) is 11.1 Å². The van der Waals surface area contributed by atoms with Crippen molar-refractivity contribution in [2.24, 2.45) is 0 Å². The minimum atomic E-state index is -0.898. The number of amides is 1. The van der Waals surface area contributed by atoms with Gasteiger partial charge in [-0.1, -0.05) is 60.7 Å². The van der Waals surface area contributed by atoms with Crippen molar-refractivity contribution in [1.82, 2.24) is 5.32 Å². The molecule has 2 N–H and O–H groups in total. The smallest absolute Gasteiger partial charge is 0.221 e. The molecule has 0 fully saturated rings. The molecule has 0 saturated heterocycles. The highest BCUT2D eigenvalue weighted by Gasteiger charge is 2.20. The van der Waals surface area contributed by atoms with Crippen LogP contribution in [0.5, 0.6) is 0 Å². The van der Waals surface area contributed by atoms with E-state index in [1.807, 2.05) is 60.7 Å². The van der Waals surface area contributed by atoms with Crippen LogP contribution in [0.3, 0.4) is 0 Å². The Morgan fingerprint density at radius 2 is 1.45 bits per heavy atom. The Morgan fingerprint density at radius 3 is 1.86 bits per heavy atom. The summed E-state index contributed by atoms with van der Waals surface area (Å²) in [5, 5.41) is 12.5. The predicted octanol–water partition coefficient (Wildman–Crippen LogP) is 3.10. The molecule has 2 rings (SSSR count). The Morgan fingerprint density at radius 1 is 1.00 bits per heavy atom. The van der Waals surface area contributed by atoms with Crippen molar-refractivity contribution < 1.29 is 9.90 Å². The van der Waals surface area contributed by atoms with Gasteiger partial charge in [-0.25, -0.2) is 0 Å². The van der Waals surface area contributed by atoms with Crippen LogP contribution in [-0.2, 0) is 4.79 Å². The Kier molecular flexibility index (Phi) is 5.34. The number of nitrogens with one attached hydrogen (secondary N) is 1. The van der Waals surface area contributed by atoms with Crippen LogP contribution in [0.4, 0.5) is 0 Å². The third-order valence-electron chi connectivity index (χ3n) is 3.51. The van der Waals surface area contributed by atoms with Crippen LogP contribution in [-0.4, -0.2) is 23.2 Å². The molecule has 0 aromatic heterocycles. The molecular formula is C19H23NO2. The molecule has 0 spiro atoms. The van der Waals surface area contributed by atoms with Crippen molar-refractivity contribution in [2.75, 3.05) is 6.54 Å². The maximum absolute atomic E-state index is 12.2. The normalized spacial score (nSPS) is 11.5. The molecule has 116 valence electrons. The van der Waals surface area contributed by atoms with Crippen LogP contribution in [0.1, 0.15) is 37.3 Å². The van der Waals surface area contributed by atoms with Crippen LogP contribution in [0.15, 0.2) is 60.7 Å². The number of rotatable bonds is 6. The Labute approximate surface area is 132 Å². The van der Waals surface area contributed by atoms with Gasteiger partial charge in [-0.3, -0.25) is 4.79 Å². The van der Waals surface area contributed by atoms with Gasteiger partial charge in [0.2, 0.25) is 5.91 Å². The lowest BCUT2D eigenvalue weighted by molar-refractivity contribution is -0.122. The van der Waals surface area contributed by atoms with Crippen molar-refractivity contribution in [3.63, 3.8) is 0 Å². The van der Waals surface area contributed by atoms with E-state index in [-0.39, 0.29) is 18.4 Å². The molecule has 0 aliphatic rings. The van der Waals surface area contributed by atoms with Gasteiger partial charge in [0.05, 0.1) is 5.60 Å². The van der Waals surface area contributed by atoms with Gasteiger partial charge >= 0.3 is 0 Å². The molecule has 0 aliphatic carbocycles. The van der Waals surface area contributed by atoms with Crippen molar-refractivity contribution in [1.29, 1.82) is 0 Å². The lowest BCUT2D eigenvalue weighted by atomic mass is 9.88. The summed E-state index contributed by atoms with van der Waals surface area (Å²) in [6.45, 7) is 3.61. The van der Waals surface area contributed by atoms with Gasteiger partial charge in [0.25, 0.3) is 0 Å². The van der Waals surface area contributed by atoms with E-state index in [2.05, 4.69) is 5.32 Å². The van der Waals surface area contributed by atoms with E-state index < -0.39 is 5.60 Å². The molecule has 0 bridgehead atoms. The average molecular weight is 297 g/mol. The second-order valence-electron chi connectivity index (χ2n) is 6.17. The summed E-state index contributed by atoms with van der Waals surface area (Å²) >= 11 is 0. The highest BCUT2D eigenvalue weighted by Crippen LogP contribution is 2.27. The highest BCUT2D eigenvalue weighted by atomic mass is 16.3. The topological polar surface area (TPSA) is 49.3 Å². The highest BCUT2D eigenvalue weighted by molar-refractivity contribution is 5.77. The zero-order valence-corrected chi connectivity index (χ0v) is 13.1. The molecular weight excluding hydrogens is 274 g/mol. The fourth-order valence-electron chi connectivity index (χ4n) is 2.37. The molecule has 0 unspecified atom stereocenters. The molecule has 3 nitrogen and oxygen atoms in total. The van der Waals surface area contributed by atoms with Crippen molar-refractivity contribution in [2.45, 2.75) is 31.8 Å². The van der Waals surface area contributed by atoms with Gasteiger partial charge in [0, 0.05) is 18.9 Å². The largest absolute Gasteiger partial charge is 0.389 e. The van der Waals surface area contributed by atoms with E-state index in [4.69, 9.17) is 0 Å². The minimum absolute atomic E-state index is 0.0178. The summed E-state index contributed by atoms with van der Waals surface area (Å²) in [6.07, 6.45) is 0.365. The third kappa shape index (κ3) is 5.01. The zero-order chi connectivity index (χ0) is 16.0. The van der Waals surface area contributed by atoms with Crippen LogP contribution in [0.2, 0.25) is 0 Å². The minimum Gasteiger partial charge on any atom is -0.389 e. The Balaban J connectivity index is 2.14.